The number of hydrogen-bond acceptors (Lipinski definition) is 6. The lowest BCUT2D eigenvalue weighted by atomic mass is 10.4. The van der Waals surface area contributed by atoms with Crippen LogP contribution in [0.4, 0.5) is 5.82 Å². The molecule has 2 rings (SSSR count). The second-order valence-corrected chi connectivity index (χ2v) is 5.78. The number of imidazole rings is 1. The Morgan fingerprint density at radius 2 is 2.20 bits per heavy atom. The van der Waals surface area contributed by atoms with Crippen molar-refractivity contribution < 1.29 is 19.1 Å². The summed E-state index contributed by atoms with van der Waals surface area (Å²) in [5.41, 5.74) is 6.90. The van der Waals surface area contributed by atoms with Gasteiger partial charge in [-0.05, 0) is 0 Å². The van der Waals surface area contributed by atoms with E-state index in [1.807, 2.05) is 6.92 Å². The molecular formula is C10H16N5O4P. The van der Waals surface area contributed by atoms with Gasteiger partial charge in [0.15, 0.2) is 11.5 Å². The van der Waals surface area contributed by atoms with Crippen molar-refractivity contribution in [1.82, 2.24) is 19.5 Å². The minimum Gasteiger partial charge on any atom is -0.382 e. The van der Waals surface area contributed by atoms with Gasteiger partial charge in [-0.25, -0.2) is 15.0 Å². The van der Waals surface area contributed by atoms with Crippen LogP contribution in [0.1, 0.15) is 12.7 Å². The molecule has 0 radical (unpaired) electrons. The molecule has 0 unspecified atom stereocenters. The van der Waals surface area contributed by atoms with Gasteiger partial charge in [-0.1, -0.05) is 6.92 Å². The Labute approximate surface area is 115 Å². The van der Waals surface area contributed by atoms with Gasteiger partial charge in [0.05, 0.1) is 12.9 Å². The number of nitrogens with zero attached hydrogens (tertiary/aromatic N) is 4. The van der Waals surface area contributed by atoms with Crippen molar-refractivity contribution in [2.75, 3.05) is 18.7 Å². The Morgan fingerprint density at radius 3 is 2.85 bits per heavy atom. The molecule has 4 N–H and O–H groups in total. The zero-order chi connectivity index (χ0) is 14.8. The maximum Gasteiger partial charge on any atom is 0.350 e. The number of aryl methyl sites for hydroxylation is 1. The van der Waals surface area contributed by atoms with Crippen LogP contribution in [0.5, 0.6) is 0 Å². The molecule has 0 fully saturated rings. The lowest BCUT2D eigenvalue weighted by Gasteiger charge is -2.07. The van der Waals surface area contributed by atoms with Crippen molar-refractivity contribution >= 4 is 24.6 Å². The minimum absolute atomic E-state index is 0.141. The molecule has 0 amide bonds. The molecule has 20 heavy (non-hydrogen) atoms. The molecule has 0 spiro atoms. The quantitative estimate of drug-likeness (QED) is 0.505. The van der Waals surface area contributed by atoms with Gasteiger partial charge in [-0.15, -0.1) is 0 Å². The van der Waals surface area contributed by atoms with Crippen molar-refractivity contribution in [3.05, 3.63) is 12.2 Å². The summed E-state index contributed by atoms with van der Waals surface area (Å²) in [7, 11) is -4.13. The van der Waals surface area contributed by atoms with E-state index in [4.69, 9.17) is 20.3 Å². The van der Waals surface area contributed by atoms with E-state index < -0.39 is 13.9 Å². The smallest absolute Gasteiger partial charge is 0.350 e. The molecule has 0 atom stereocenters. The van der Waals surface area contributed by atoms with Gasteiger partial charge >= 0.3 is 7.60 Å². The molecule has 0 bridgehead atoms. The minimum atomic E-state index is -4.13. The number of aromatic nitrogens is 4. The van der Waals surface area contributed by atoms with E-state index >= 15 is 0 Å². The van der Waals surface area contributed by atoms with Crippen LogP contribution < -0.4 is 5.73 Å². The average molecular weight is 301 g/mol. The molecule has 0 aromatic carbocycles. The number of ether oxygens (including phenoxy) is 1. The first-order valence-corrected chi connectivity index (χ1v) is 7.80. The highest BCUT2D eigenvalue weighted by molar-refractivity contribution is 7.51. The fraction of sp³-hybridized carbons (Fsp3) is 0.500. The number of hydrogen-bond donors (Lipinski definition) is 3. The first-order valence-electron chi connectivity index (χ1n) is 6.00. The number of nitrogens with two attached hydrogens (primary N) is 1. The van der Waals surface area contributed by atoms with E-state index in [1.54, 1.807) is 10.9 Å². The molecule has 0 aliphatic heterocycles. The van der Waals surface area contributed by atoms with Gasteiger partial charge < -0.3 is 24.8 Å². The van der Waals surface area contributed by atoms with Gasteiger partial charge in [0, 0.05) is 13.0 Å². The molecular weight excluding hydrogens is 285 g/mol. The SMILES string of the molecule is CCc1nc(N)c2ncn(CCOCP(=O)(O)O)c2n1. The van der Waals surface area contributed by atoms with E-state index in [2.05, 4.69) is 15.0 Å². The Morgan fingerprint density at radius 1 is 1.45 bits per heavy atom. The molecule has 0 saturated carbocycles. The largest absolute Gasteiger partial charge is 0.382 e. The molecule has 0 aliphatic carbocycles. The summed E-state index contributed by atoms with van der Waals surface area (Å²) in [6, 6.07) is 0. The van der Waals surface area contributed by atoms with Gasteiger partial charge in [0.2, 0.25) is 0 Å². The highest BCUT2D eigenvalue weighted by atomic mass is 31.2. The third kappa shape index (κ3) is 3.51. The number of anilines is 1. The summed E-state index contributed by atoms with van der Waals surface area (Å²) in [6.45, 7) is 2.43. The first kappa shape index (κ1) is 14.9. The second kappa shape index (κ2) is 5.84. The standard InChI is InChI=1S/C10H16N5O4P/c1-2-7-13-9(11)8-10(14-7)15(5-12-8)3-4-19-6-20(16,17)18/h5H,2-4,6H2,1H3,(H2,11,13,14)(H2,16,17,18). The van der Waals surface area contributed by atoms with Crippen LogP contribution in [0.15, 0.2) is 6.33 Å². The number of fused-ring (bicyclic) bond motifs is 1. The number of nitrogen functional groups attached to an aromatic ring is 1. The van der Waals surface area contributed by atoms with Gasteiger partial charge in [-0.3, -0.25) is 4.57 Å². The van der Waals surface area contributed by atoms with Crippen molar-refractivity contribution in [2.45, 2.75) is 19.9 Å². The Kier molecular flexibility index (Phi) is 4.34. The summed E-state index contributed by atoms with van der Waals surface area (Å²) >= 11 is 0. The zero-order valence-electron chi connectivity index (χ0n) is 10.9. The van der Waals surface area contributed by atoms with Crippen LogP contribution in [0.2, 0.25) is 0 Å². The molecule has 2 aromatic rings. The van der Waals surface area contributed by atoms with Crippen LogP contribution in [0, 0.1) is 0 Å². The van der Waals surface area contributed by atoms with Crippen LogP contribution in [-0.4, -0.2) is 42.3 Å². The third-order valence-corrected chi connectivity index (χ3v) is 3.11. The van der Waals surface area contributed by atoms with Crippen LogP contribution in [0.3, 0.4) is 0 Å². The fourth-order valence-electron chi connectivity index (χ4n) is 1.68. The summed E-state index contributed by atoms with van der Waals surface area (Å²) in [6.07, 6.45) is 1.60. The highest BCUT2D eigenvalue weighted by Gasteiger charge is 2.13. The van der Waals surface area contributed by atoms with Crippen molar-refractivity contribution in [2.24, 2.45) is 0 Å². The van der Waals surface area contributed by atoms with Crippen LogP contribution >= 0.6 is 7.60 Å². The van der Waals surface area contributed by atoms with E-state index in [-0.39, 0.29) is 6.61 Å². The Balaban J connectivity index is 2.11. The zero-order valence-corrected chi connectivity index (χ0v) is 11.8. The summed E-state index contributed by atoms with van der Waals surface area (Å²) < 4.78 is 17.3. The van der Waals surface area contributed by atoms with Gasteiger partial charge in [0.25, 0.3) is 0 Å². The van der Waals surface area contributed by atoms with Crippen molar-refractivity contribution in [3.63, 3.8) is 0 Å². The van der Waals surface area contributed by atoms with Crippen LogP contribution in [0.25, 0.3) is 11.2 Å². The van der Waals surface area contributed by atoms with Gasteiger partial charge in [0.1, 0.15) is 17.7 Å². The fourth-order valence-corrected chi connectivity index (χ4v) is 2.05. The predicted molar refractivity (Wildman–Crippen MR) is 72.0 cm³/mol. The molecule has 10 heteroatoms. The Bertz CT molecular complexity index is 652. The molecule has 110 valence electrons. The second-order valence-electron chi connectivity index (χ2n) is 4.19. The van der Waals surface area contributed by atoms with Gasteiger partial charge in [-0.2, -0.15) is 0 Å². The average Bonchev–Trinajstić information content (AvgIpc) is 2.77. The molecule has 0 saturated heterocycles. The van der Waals surface area contributed by atoms with E-state index in [1.165, 1.54) is 0 Å². The van der Waals surface area contributed by atoms with Crippen molar-refractivity contribution in [1.29, 1.82) is 0 Å². The Hall–Kier alpha value is -1.54. The normalized spacial score (nSPS) is 12.2. The van der Waals surface area contributed by atoms with Crippen LogP contribution in [-0.2, 0) is 22.3 Å². The molecule has 2 heterocycles. The van der Waals surface area contributed by atoms with E-state index in [9.17, 15) is 4.57 Å². The summed E-state index contributed by atoms with van der Waals surface area (Å²) in [5.74, 6) is 0.939. The lowest BCUT2D eigenvalue weighted by molar-refractivity contribution is 0.149. The molecule has 0 aliphatic rings. The maximum absolute atomic E-state index is 10.6. The van der Waals surface area contributed by atoms with E-state index in [0.717, 1.165) is 0 Å². The highest BCUT2D eigenvalue weighted by Crippen LogP contribution is 2.33. The summed E-state index contributed by atoms with van der Waals surface area (Å²) in [4.78, 5) is 29.9. The monoisotopic (exact) mass is 301 g/mol. The first-order chi connectivity index (χ1) is 9.40. The number of rotatable bonds is 6. The lowest BCUT2D eigenvalue weighted by Crippen LogP contribution is -2.08. The van der Waals surface area contributed by atoms with Crippen molar-refractivity contribution in [3.8, 4) is 0 Å². The topological polar surface area (TPSA) is 136 Å². The summed E-state index contributed by atoms with van der Waals surface area (Å²) in [5, 5.41) is 0. The maximum atomic E-state index is 10.6. The van der Waals surface area contributed by atoms with E-state index in [0.29, 0.717) is 35.8 Å². The molecule has 9 nitrogen and oxygen atoms in total. The predicted octanol–water partition coefficient (Wildman–Crippen LogP) is 0.123. The third-order valence-electron chi connectivity index (χ3n) is 2.59. The molecule has 2 aromatic heterocycles.